The van der Waals surface area contributed by atoms with Gasteiger partial charge in [0.15, 0.2) is 0 Å². The van der Waals surface area contributed by atoms with Crippen LogP contribution in [0.15, 0.2) is 52.2 Å². The predicted molar refractivity (Wildman–Crippen MR) is 108 cm³/mol. The third kappa shape index (κ3) is 3.58. The van der Waals surface area contributed by atoms with E-state index in [1.807, 2.05) is 18.2 Å². The second-order valence-corrected chi connectivity index (χ2v) is 7.03. The molecule has 3 aromatic rings. The van der Waals surface area contributed by atoms with Crippen molar-refractivity contribution < 1.29 is 9.53 Å². The molecule has 0 saturated carbocycles. The normalized spacial score (nSPS) is 16.4. The number of nitrogens with one attached hydrogen (secondary N) is 1. The van der Waals surface area contributed by atoms with Crippen molar-refractivity contribution in [3.63, 3.8) is 0 Å². The van der Waals surface area contributed by atoms with Crippen LogP contribution in [0.5, 0.6) is 0 Å². The van der Waals surface area contributed by atoms with E-state index in [1.54, 1.807) is 22.6 Å². The molecule has 0 radical (unpaired) electrons. The number of rotatable bonds is 5. The highest BCUT2D eigenvalue weighted by Crippen LogP contribution is 2.32. The molecular weight excluding hydrogens is 372 g/mol. The van der Waals surface area contributed by atoms with Gasteiger partial charge in [0.25, 0.3) is 11.5 Å². The fraction of sp³-hybridized carbons (Fsp3) is 0.333. The summed E-state index contributed by atoms with van der Waals surface area (Å²) in [7, 11) is 1.58. The molecule has 1 unspecified atom stereocenters. The van der Waals surface area contributed by atoms with Gasteiger partial charge < -0.3 is 14.6 Å². The lowest BCUT2D eigenvalue weighted by atomic mass is 10.1. The largest absolute Gasteiger partial charge is 0.383 e. The number of likely N-dealkylation sites (tertiary alicyclic amines) is 1. The first-order valence-electron chi connectivity index (χ1n) is 9.58. The highest BCUT2D eigenvalue weighted by molar-refractivity contribution is 5.94. The molecular formula is C21H22N4O4. The standard InChI is InChI=1S/C21H22N4O4/c1-29-12-11-25-19(23-16-6-3-2-5-15(16)21(25)28)17-7-4-10-24(17)20(27)14-8-9-18(26)22-13-14/h2-3,5-6,8-9,13,17H,4,7,10-12H2,1H3,(H,22,26). The summed E-state index contributed by atoms with van der Waals surface area (Å²) in [4.78, 5) is 46.6. The van der Waals surface area contributed by atoms with Crippen LogP contribution in [0, 0.1) is 0 Å². The molecule has 1 aliphatic heterocycles. The van der Waals surface area contributed by atoms with Gasteiger partial charge in [0, 0.05) is 25.9 Å². The van der Waals surface area contributed by atoms with Gasteiger partial charge in [-0.1, -0.05) is 12.1 Å². The van der Waals surface area contributed by atoms with E-state index in [2.05, 4.69) is 4.98 Å². The van der Waals surface area contributed by atoms with Crippen molar-refractivity contribution in [3.05, 3.63) is 74.7 Å². The zero-order chi connectivity index (χ0) is 20.4. The van der Waals surface area contributed by atoms with E-state index < -0.39 is 0 Å². The van der Waals surface area contributed by atoms with Gasteiger partial charge in [0.05, 0.1) is 35.7 Å². The van der Waals surface area contributed by atoms with Crippen molar-refractivity contribution in [3.8, 4) is 0 Å². The third-order valence-electron chi connectivity index (χ3n) is 5.25. The molecule has 1 saturated heterocycles. The van der Waals surface area contributed by atoms with Crippen molar-refractivity contribution >= 4 is 16.8 Å². The number of aromatic nitrogens is 3. The van der Waals surface area contributed by atoms with Crippen LogP contribution in [-0.4, -0.2) is 45.6 Å². The molecule has 0 bridgehead atoms. The van der Waals surface area contributed by atoms with Crippen LogP contribution in [0.3, 0.4) is 0 Å². The number of hydrogen-bond acceptors (Lipinski definition) is 5. The first-order valence-corrected chi connectivity index (χ1v) is 9.58. The zero-order valence-electron chi connectivity index (χ0n) is 16.1. The van der Waals surface area contributed by atoms with E-state index in [9.17, 15) is 14.4 Å². The Kier molecular flexibility index (Phi) is 5.26. The number of pyridine rings is 1. The summed E-state index contributed by atoms with van der Waals surface area (Å²) in [5.41, 5.74) is 0.627. The maximum atomic E-state index is 13.1. The van der Waals surface area contributed by atoms with Crippen LogP contribution >= 0.6 is 0 Å². The number of nitrogens with zero attached hydrogens (tertiary/aromatic N) is 3. The van der Waals surface area contributed by atoms with Gasteiger partial charge in [0.2, 0.25) is 5.56 Å². The summed E-state index contributed by atoms with van der Waals surface area (Å²) in [6.45, 7) is 1.29. The highest BCUT2D eigenvalue weighted by atomic mass is 16.5. The van der Waals surface area contributed by atoms with Gasteiger partial charge in [-0.3, -0.25) is 19.0 Å². The minimum Gasteiger partial charge on any atom is -0.383 e. The fourth-order valence-electron chi connectivity index (χ4n) is 3.83. The van der Waals surface area contributed by atoms with Crippen LogP contribution in [0.2, 0.25) is 0 Å². The molecule has 0 aliphatic carbocycles. The average molecular weight is 394 g/mol. The molecule has 8 nitrogen and oxygen atoms in total. The summed E-state index contributed by atoms with van der Waals surface area (Å²) >= 11 is 0. The smallest absolute Gasteiger partial charge is 0.261 e. The van der Waals surface area contributed by atoms with Crippen LogP contribution in [-0.2, 0) is 11.3 Å². The summed E-state index contributed by atoms with van der Waals surface area (Å²) in [6, 6.07) is 9.76. The third-order valence-corrected chi connectivity index (χ3v) is 5.25. The molecule has 1 aliphatic rings. The fourth-order valence-corrected chi connectivity index (χ4v) is 3.83. The first-order chi connectivity index (χ1) is 14.1. The number of aromatic amines is 1. The highest BCUT2D eigenvalue weighted by Gasteiger charge is 2.34. The molecule has 4 rings (SSSR count). The summed E-state index contributed by atoms with van der Waals surface area (Å²) < 4.78 is 6.80. The topological polar surface area (TPSA) is 97.3 Å². The first kappa shape index (κ1) is 19.1. The number of carbonyl (C=O) groups excluding carboxylic acids is 1. The van der Waals surface area contributed by atoms with Gasteiger partial charge in [0.1, 0.15) is 5.82 Å². The molecule has 29 heavy (non-hydrogen) atoms. The van der Waals surface area contributed by atoms with Crippen molar-refractivity contribution in [1.29, 1.82) is 0 Å². The Morgan fingerprint density at radius 3 is 2.83 bits per heavy atom. The van der Waals surface area contributed by atoms with Gasteiger partial charge in [-0.25, -0.2) is 4.98 Å². The maximum absolute atomic E-state index is 13.1. The monoisotopic (exact) mass is 394 g/mol. The molecule has 1 fully saturated rings. The van der Waals surface area contributed by atoms with E-state index in [0.717, 1.165) is 6.42 Å². The minimum atomic E-state index is -0.316. The zero-order valence-corrected chi connectivity index (χ0v) is 16.1. The van der Waals surface area contributed by atoms with Crippen LogP contribution < -0.4 is 11.1 Å². The second-order valence-electron chi connectivity index (χ2n) is 7.03. The molecule has 1 amide bonds. The van der Waals surface area contributed by atoms with Crippen molar-refractivity contribution in [2.24, 2.45) is 0 Å². The molecule has 1 aromatic carbocycles. The molecule has 1 atom stereocenters. The molecule has 3 heterocycles. The number of ether oxygens (including phenoxy) is 1. The van der Waals surface area contributed by atoms with Gasteiger partial charge in [-0.05, 0) is 31.0 Å². The molecule has 2 aromatic heterocycles. The number of fused-ring (bicyclic) bond motifs is 1. The Labute approximate surface area is 166 Å². The van der Waals surface area contributed by atoms with E-state index >= 15 is 0 Å². The molecule has 150 valence electrons. The lowest BCUT2D eigenvalue weighted by Crippen LogP contribution is -2.36. The van der Waals surface area contributed by atoms with Crippen LogP contribution in [0.25, 0.3) is 10.9 Å². The number of amides is 1. The summed E-state index contributed by atoms with van der Waals surface area (Å²) in [6.07, 6.45) is 2.95. The Balaban J connectivity index is 1.79. The Morgan fingerprint density at radius 1 is 1.24 bits per heavy atom. The van der Waals surface area contributed by atoms with Crippen LogP contribution in [0.1, 0.15) is 35.1 Å². The number of H-pyrrole nitrogens is 1. The van der Waals surface area contributed by atoms with Gasteiger partial charge in [-0.15, -0.1) is 0 Å². The van der Waals surface area contributed by atoms with E-state index in [4.69, 9.17) is 9.72 Å². The average Bonchev–Trinajstić information content (AvgIpc) is 3.23. The lowest BCUT2D eigenvalue weighted by molar-refractivity contribution is 0.0724. The Bertz CT molecular complexity index is 1150. The number of methoxy groups -OCH3 is 1. The Hall–Kier alpha value is -3.26. The van der Waals surface area contributed by atoms with Gasteiger partial charge >= 0.3 is 0 Å². The SMILES string of the molecule is COCCn1c(C2CCCN2C(=O)c2ccc(=O)[nH]c2)nc2ccccc2c1=O. The molecule has 1 N–H and O–H groups in total. The van der Waals surface area contributed by atoms with E-state index in [-0.39, 0.29) is 23.1 Å². The lowest BCUT2D eigenvalue weighted by Gasteiger charge is -2.26. The van der Waals surface area contributed by atoms with E-state index in [0.29, 0.717) is 48.4 Å². The maximum Gasteiger partial charge on any atom is 0.261 e. The molecule has 0 spiro atoms. The van der Waals surface area contributed by atoms with E-state index in [1.165, 1.54) is 18.3 Å². The van der Waals surface area contributed by atoms with Crippen molar-refractivity contribution in [1.82, 2.24) is 19.4 Å². The number of carbonyl (C=O) groups is 1. The predicted octanol–water partition coefficient (Wildman–Crippen LogP) is 1.71. The van der Waals surface area contributed by atoms with Gasteiger partial charge in [-0.2, -0.15) is 0 Å². The Morgan fingerprint density at radius 2 is 2.07 bits per heavy atom. The minimum absolute atomic E-state index is 0.133. The number of hydrogen-bond donors (Lipinski definition) is 1. The number of para-hydroxylation sites is 1. The number of benzene rings is 1. The van der Waals surface area contributed by atoms with Crippen molar-refractivity contribution in [2.45, 2.75) is 25.4 Å². The summed E-state index contributed by atoms with van der Waals surface area (Å²) in [5.74, 6) is 0.380. The van der Waals surface area contributed by atoms with Crippen molar-refractivity contribution in [2.75, 3.05) is 20.3 Å². The summed E-state index contributed by atoms with van der Waals surface area (Å²) in [5, 5.41) is 0.545. The molecule has 8 heteroatoms. The van der Waals surface area contributed by atoms with Crippen LogP contribution in [0.4, 0.5) is 0 Å². The quantitative estimate of drug-likeness (QED) is 0.711. The second kappa shape index (κ2) is 8.00.